The van der Waals surface area contributed by atoms with Crippen LogP contribution in [-0.2, 0) is 11.3 Å². The molecule has 1 aromatic rings. The number of hydrazine groups is 1. The largest absolute Gasteiger partial charge is 0.383 e. The van der Waals surface area contributed by atoms with Crippen LogP contribution < -0.4 is 11.3 Å². The molecule has 0 spiro atoms. The monoisotopic (exact) mass is 294 g/mol. The Balaban J connectivity index is 2.84. The number of nitrogen functional groups attached to an aromatic ring is 1. The Kier molecular flexibility index (Phi) is 7.89. The molecule has 1 amide bonds. The maximum Gasteiger partial charge on any atom is 0.283 e. The van der Waals surface area contributed by atoms with Gasteiger partial charge in [0.25, 0.3) is 5.91 Å². The van der Waals surface area contributed by atoms with Crippen molar-refractivity contribution in [2.24, 2.45) is 5.84 Å². The topological polar surface area (TPSA) is 80.5 Å². The summed E-state index contributed by atoms with van der Waals surface area (Å²) < 4.78 is 5.19. The first-order valence-electron chi connectivity index (χ1n) is 7.36. The van der Waals surface area contributed by atoms with E-state index in [-0.39, 0.29) is 5.91 Å². The fraction of sp³-hybridized carbons (Fsp3) is 0.600. The van der Waals surface area contributed by atoms with Crippen molar-refractivity contribution in [3.63, 3.8) is 0 Å². The standard InChI is InChI=1S/C15H26N4O2/c1-4-13(5-2)19(9-10-21-3)11-12-7-6-8-14(17-12)15(20)18-16/h6-8,13H,4-5,9-11,16H2,1-3H3,(H,18,20). The number of nitrogens with zero attached hydrogens (tertiary/aromatic N) is 2. The molecule has 1 rings (SSSR count). The second kappa shape index (κ2) is 9.44. The van der Waals surface area contributed by atoms with E-state index < -0.39 is 0 Å². The summed E-state index contributed by atoms with van der Waals surface area (Å²) in [5, 5.41) is 0. The third kappa shape index (κ3) is 5.41. The predicted molar refractivity (Wildman–Crippen MR) is 82.5 cm³/mol. The fourth-order valence-electron chi connectivity index (χ4n) is 2.38. The van der Waals surface area contributed by atoms with Crippen LogP contribution in [0.2, 0.25) is 0 Å². The molecule has 1 aromatic heterocycles. The van der Waals surface area contributed by atoms with E-state index in [4.69, 9.17) is 10.6 Å². The van der Waals surface area contributed by atoms with Gasteiger partial charge in [-0.25, -0.2) is 10.8 Å². The van der Waals surface area contributed by atoms with Gasteiger partial charge in [-0.3, -0.25) is 15.1 Å². The lowest BCUT2D eigenvalue weighted by atomic mass is 10.1. The van der Waals surface area contributed by atoms with E-state index in [1.54, 1.807) is 13.2 Å². The Morgan fingerprint density at radius 3 is 2.71 bits per heavy atom. The molecule has 0 radical (unpaired) electrons. The van der Waals surface area contributed by atoms with Crippen LogP contribution in [0.4, 0.5) is 0 Å². The lowest BCUT2D eigenvalue weighted by Crippen LogP contribution is -2.37. The molecule has 21 heavy (non-hydrogen) atoms. The van der Waals surface area contributed by atoms with E-state index in [1.165, 1.54) is 0 Å². The number of pyridine rings is 1. The third-order valence-corrected chi connectivity index (χ3v) is 3.58. The van der Waals surface area contributed by atoms with Gasteiger partial charge in [0.1, 0.15) is 5.69 Å². The van der Waals surface area contributed by atoms with Crippen molar-refractivity contribution in [2.75, 3.05) is 20.3 Å². The van der Waals surface area contributed by atoms with Crippen LogP contribution in [0.5, 0.6) is 0 Å². The molecule has 0 aromatic carbocycles. The lowest BCUT2D eigenvalue weighted by Gasteiger charge is -2.30. The molecule has 0 saturated carbocycles. The predicted octanol–water partition coefficient (Wildman–Crippen LogP) is 1.32. The van der Waals surface area contributed by atoms with E-state index in [2.05, 4.69) is 29.2 Å². The molecule has 0 aliphatic rings. The van der Waals surface area contributed by atoms with Crippen LogP contribution in [0.15, 0.2) is 18.2 Å². The second-order valence-corrected chi connectivity index (χ2v) is 4.92. The third-order valence-electron chi connectivity index (χ3n) is 3.58. The van der Waals surface area contributed by atoms with Crippen molar-refractivity contribution in [2.45, 2.75) is 39.3 Å². The Labute approximate surface area is 126 Å². The minimum absolute atomic E-state index is 0.339. The number of amides is 1. The molecule has 6 nitrogen and oxygen atoms in total. The van der Waals surface area contributed by atoms with Gasteiger partial charge in [0, 0.05) is 26.2 Å². The van der Waals surface area contributed by atoms with Gasteiger partial charge >= 0.3 is 0 Å². The maximum atomic E-state index is 11.5. The van der Waals surface area contributed by atoms with Gasteiger partial charge < -0.3 is 4.74 Å². The van der Waals surface area contributed by atoms with Gasteiger partial charge in [-0.15, -0.1) is 0 Å². The smallest absolute Gasteiger partial charge is 0.283 e. The second-order valence-electron chi connectivity index (χ2n) is 4.92. The van der Waals surface area contributed by atoms with E-state index in [9.17, 15) is 4.79 Å². The summed E-state index contributed by atoms with van der Waals surface area (Å²) in [6.07, 6.45) is 2.15. The van der Waals surface area contributed by atoms with Crippen molar-refractivity contribution >= 4 is 5.91 Å². The van der Waals surface area contributed by atoms with Gasteiger partial charge in [0.05, 0.1) is 12.3 Å². The summed E-state index contributed by atoms with van der Waals surface area (Å²) in [6, 6.07) is 5.89. The van der Waals surface area contributed by atoms with Crippen LogP contribution in [0.3, 0.4) is 0 Å². The molecular formula is C15H26N4O2. The van der Waals surface area contributed by atoms with Crippen LogP contribution in [-0.4, -0.2) is 42.1 Å². The summed E-state index contributed by atoms with van der Waals surface area (Å²) in [6.45, 7) is 6.58. The van der Waals surface area contributed by atoms with E-state index in [0.717, 1.165) is 25.1 Å². The summed E-state index contributed by atoms with van der Waals surface area (Å²) >= 11 is 0. The fourth-order valence-corrected chi connectivity index (χ4v) is 2.38. The summed E-state index contributed by atoms with van der Waals surface area (Å²) in [5.74, 6) is 4.77. The molecule has 0 saturated heterocycles. The molecule has 3 N–H and O–H groups in total. The van der Waals surface area contributed by atoms with Gasteiger partial charge in [-0.1, -0.05) is 19.9 Å². The first kappa shape index (κ1) is 17.6. The molecule has 6 heteroatoms. The number of aromatic nitrogens is 1. The number of methoxy groups -OCH3 is 1. The van der Waals surface area contributed by atoms with Crippen molar-refractivity contribution < 1.29 is 9.53 Å². The Hall–Kier alpha value is -1.50. The quantitative estimate of drug-likeness (QED) is 0.408. The van der Waals surface area contributed by atoms with Crippen LogP contribution in [0, 0.1) is 0 Å². The molecule has 0 unspecified atom stereocenters. The van der Waals surface area contributed by atoms with E-state index in [1.807, 2.05) is 12.1 Å². The number of hydrogen-bond donors (Lipinski definition) is 2. The summed E-state index contributed by atoms with van der Waals surface area (Å²) in [4.78, 5) is 18.2. The van der Waals surface area contributed by atoms with E-state index in [0.29, 0.717) is 24.9 Å². The normalized spacial score (nSPS) is 11.1. The van der Waals surface area contributed by atoms with E-state index >= 15 is 0 Å². The highest BCUT2D eigenvalue weighted by Crippen LogP contribution is 2.12. The molecule has 0 bridgehead atoms. The summed E-state index contributed by atoms with van der Waals surface area (Å²) in [5.41, 5.74) is 3.31. The minimum atomic E-state index is -0.372. The average molecular weight is 294 g/mol. The highest BCUT2D eigenvalue weighted by Gasteiger charge is 2.16. The Morgan fingerprint density at radius 2 is 2.14 bits per heavy atom. The number of nitrogens with one attached hydrogen (secondary N) is 1. The highest BCUT2D eigenvalue weighted by molar-refractivity contribution is 5.91. The molecule has 0 fully saturated rings. The SMILES string of the molecule is CCC(CC)N(CCOC)Cc1cccc(C(=O)NN)n1. The highest BCUT2D eigenvalue weighted by atomic mass is 16.5. The number of hydrogen-bond acceptors (Lipinski definition) is 5. The van der Waals surface area contributed by atoms with Crippen molar-refractivity contribution in [3.8, 4) is 0 Å². The molecule has 0 atom stereocenters. The summed E-state index contributed by atoms with van der Waals surface area (Å²) in [7, 11) is 1.70. The number of carbonyl (C=O) groups excluding carboxylic acids is 1. The maximum absolute atomic E-state index is 11.5. The Bertz CT molecular complexity index is 435. The van der Waals surface area contributed by atoms with Crippen LogP contribution >= 0.6 is 0 Å². The number of carbonyl (C=O) groups is 1. The number of rotatable bonds is 9. The minimum Gasteiger partial charge on any atom is -0.383 e. The Morgan fingerprint density at radius 1 is 1.43 bits per heavy atom. The molecule has 0 aliphatic heterocycles. The van der Waals surface area contributed by atoms with Gasteiger partial charge in [0.15, 0.2) is 0 Å². The first-order valence-corrected chi connectivity index (χ1v) is 7.36. The zero-order chi connectivity index (χ0) is 15.7. The number of ether oxygens (including phenoxy) is 1. The van der Waals surface area contributed by atoms with Crippen molar-refractivity contribution in [1.29, 1.82) is 0 Å². The van der Waals surface area contributed by atoms with Crippen LogP contribution in [0.25, 0.3) is 0 Å². The van der Waals surface area contributed by atoms with Crippen LogP contribution in [0.1, 0.15) is 42.9 Å². The van der Waals surface area contributed by atoms with Gasteiger partial charge in [-0.2, -0.15) is 0 Å². The molecule has 118 valence electrons. The number of nitrogens with two attached hydrogens (primary N) is 1. The molecule has 0 aliphatic carbocycles. The average Bonchev–Trinajstić information content (AvgIpc) is 2.53. The van der Waals surface area contributed by atoms with Crippen molar-refractivity contribution in [1.82, 2.24) is 15.3 Å². The van der Waals surface area contributed by atoms with Gasteiger partial charge in [-0.05, 0) is 25.0 Å². The zero-order valence-corrected chi connectivity index (χ0v) is 13.1. The van der Waals surface area contributed by atoms with Gasteiger partial charge in [0.2, 0.25) is 0 Å². The lowest BCUT2D eigenvalue weighted by molar-refractivity contribution is 0.0946. The van der Waals surface area contributed by atoms with Crippen molar-refractivity contribution in [3.05, 3.63) is 29.6 Å². The molecular weight excluding hydrogens is 268 g/mol. The molecule has 1 heterocycles. The zero-order valence-electron chi connectivity index (χ0n) is 13.1. The first-order chi connectivity index (χ1) is 10.2.